The van der Waals surface area contributed by atoms with Gasteiger partial charge in [0.25, 0.3) is 0 Å². The Hall–Kier alpha value is -2.66. The number of halogens is 1. The van der Waals surface area contributed by atoms with Gasteiger partial charge in [0.15, 0.2) is 0 Å². The third-order valence-electron chi connectivity index (χ3n) is 6.20. The molecule has 0 saturated heterocycles. The maximum absolute atomic E-state index is 13.7. The van der Waals surface area contributed by atoms with Crippen molar-refractivity contribution >= 4 is 17.5 Å². The zero-order valence-corrected chi connectivity index (χ0v) is 17.5. The molecule has 29 heavy (non-hydrogen) atoms. The topological polar surface area (TPSA) is 51.0 Å². The lowest BCUT2D eigenvalue weighted by Crippen LogP contribution is -2.44. The van der Waals surface area contributed by atoms with Gasteiger partial charge in [-0.05, 0) is 55.2 Å². The molecule has 2 aromatic carbocycles. The molecule has 1 atom stereocenters. The molecule has 4 rings (SSSR count). The molecule has 150 valence electrons. The fourth-order valence-corrected chi connectivity index (χ4v) is 4.57. The highest BCUT2D eigenvalue weighted by atomic mass is 35.5. The standard InChI is InChI=1S/C23H25ClN4O/c1-17(18-8-10-21(11-9-18)28-16-25-15-26-28)27(2)22(29)23(12-3-4-13-23)19-6-5-7-20(24)14-19/h5-11,14-17H,3-4,12-13H2,1-2H3. The summed E-state index contributed by atoms with van der Waals surface area (Å²) < 4.78 is 1.72. The van der Waals surface area contributed by atoms with Crippen molar-refractivity contribution in [1.29, 1.82) is 0 Å². The summed E-state index contributed by atoms with van der Waals surface area (Å²) in [5.74, 6) is 0.171. The number of amides is 1. The third kappa shape index (κ3) is 3.67. The first-order chi connectivity index (χ1) is 14.0. The van der Waals surface area contributed by atoms with E-state index in [0.717, 1.165) is 42.5 Å². The van der Waals surface area contributed by atoms with E-state index in [9.17, 15) is 4.79 Å². The number of carbonyl (C=O) groups is 1. The molecule has 1 aliphatic rings. The maximum atomic E-state index is 13.7. The number of hydrogen-bond acceptors (Lipinski definition) is 3. The van der Waals surface area contributed by atoms with E-state index in [2.05, 4.69) is 17.0 Å². The van der Waals surface area contributed by atoms with Crippen LogP contribution in [0.3, 0.4) is 0 Å². The highest BCUT2D eigenvalue weighted by Crippen LogP contribution is 2.44. The van der Waals surface area contributed by atoms with Crippen LogP contribution in [0.4, 0.5) is 0 Å². The monoisotopic (exact) mass is 408 g/mol. The van der Waals surface area contributed by atoms with E-state index in [1.54, 1.807) is 11.0 Å². The Morgan fingerprint density at radius 3 is 2.52 bits per heavy atom. The average molecular weight is 409 g/mol. The fraction of sp³-hybridized carbons (Fsp3) is 0.348. The van der Waals surface area contributed by atoms with Crippen LogP contribution in [0.2, 0.25) is 5.02 Å². The van der Waals surface area contributed by atoms with Crippen molar-refractivity contribution in [3.63, 3.8) is 0 Å². The number of carbonyl (C=O) groups excluding carboxylic acids is 1. The first kappa shape index (κ1) is 19.6. The van der Waals surface area contributed by atoms with E-state index >= 15 is 0 Å². The average Bonchev–Trinajstić information content (AvgIpc) is 3.45. The Labute approximate surface area is 176 Å². The summed E-state index contributed by atoms with van der Waals surface area (Å²) in [6.07, 6.45) is 7.05. The number of rotatable bonds is 5. The van der Waals surface area contributed by atoms with Crippen LogP contribution in [-0.4, -0.2) is 32.6 Å². The summed E-state index contributed by atoms with van der Waals surface area (Å²) >= 11 is 6.25. The second-order valence-electron chi connectivity index (χ2n) is 7.82. The Kier molecular flexibility index (Phi) is 5.41. The molecular formula is C23H25ClN4O. The lowest BCUT2D eigenvalue weighted by molar-refractivity contribution is -0.138. The summed E-state index contributed by atoms with van der Waals surface area (Å²) in [6.45, 7) is 2.07. The molecule has 0 N–H and O–H groups in total. The van der Waals surface area contributed by atoms with Crippen LogP contribution in [0.15, 0.2) is 61.2 Å². The minimum absolute atomic E-state index is 0.0380. The molecule has 1 fully saturated rings. The SMILES string of the molecule is CC(c1ccc(-n2cncn2)cc1)N(C)C(=O)C1(c2cccc(Cl)c2)CCCC1. The minimum atomic E-state index is -0.478. The molecule has 1 saturated carbocycles. The van der Waals surface area contributed by atoms with Gasteiger partial charge in [-0.2, -0.15) is 5.10 Å². The van der Waals surface area contributed by atoms with Crippen LogP contribution >= 0.6 is 11.6 Å². The number of benzene rings is 2. The quantitative estimate of drug-likeness (QED) is 0.600. The van der Waals surface area contributed by atoms with Gasteiger partial charge >= 0.3 is 0 Å². The van der Waals surface area contributed by atoms with Gasteiger partial charge in [-0.3, -0.25) is 4.79 Å². The van der Waals surface area contributed by atoms with Crippen LogP contribution in [0, 0.1) is 0 Å². The molecule has 1 aliphatic carbocycles. The van der Waals surface area contributed by atoms with Crippen molar-refractivity contribution in [1.82, 2.24) is 19.7 Å². The summed E-state index contributed by atoms with van der Waals surface area (Å²) in [5, 5.41) is 4.84. The van der Waals surface area contributed by atoms with Crippen LogP contribution in [0.25, 0.3) is 5.69 Å². The first-order valence-electron chi connectivity index (χ1n) is 9.99. The van der Waals surface area contributed by atoms with Crippen LogP contribution in [0.1, 0.15) is 49.8 Å². The highest BCUT2D eigenvalue weighted by molar-refractivity contribution is 6.30. The predicted octanol–water partition coefficient (Wildman–Crippen LogP) is 4.95. The largest absolute Gasteiger partial charge is 0.338 e. The van der Waals surface area contributed by atoms with E-state index < -0.39 is 5.41 Å². The molecule has 1 aromatic heterocycles. The van der Waals surface area contributed by atoms with Crippen LogP contribution < -0.4 is 0 Å². The summed E-state index contributed by atoms with van der Waals surface area (Å²) in [4.78, 5) is 19.6. The molecule has 3 aromatic rings. The molecule has 5 nitrogen and oxygen atoms in total. The van der Waals surface area contributed by atoms with Crippen molar-refractivity contribution in [2.75, 3.05) is 7.05 Å². The van der Waals surface area contributed by atoms with Crippen molar-refractivity contribution in [2.45, 2.75) is 44.1 Å². The summed E-state index contributed by atoms with van der Waals surface area (Å²) in [5.41, 5.74) is 2.59. The van der Waals surface area contributed by atoms with Crippen molar-refractivity contribution < 1.29 is 4.79 Å². The smallest absolute Gasteiger partial charge is 0.233 e. The molecule has 0 spiro atoms. The lowest BCUT2D eigenvalue weighted by atomic mass is 9.77. The van der Waals surface area contributed by atoms with Crippen molar-refractivity contribution in [3.05, 3.63) is 77.3 Å². The Morgan fingerprint density at radius 2 is 1.90 bits per heavy atom. The molecule has 0 aliphatic heterocycles. The zero-order chi connectivity index (χ0) is 20.4. The second kappa shape index (κ2) is 7.99. The van der Waals surface area contributed by atoms with Gasteiger partial charge in [0.2, 0.25) is 5.91 Å². The third-order valence-corrected chi connectivity index (χ3v) is 6.44. The fourth-order valence-electron chi connectivity index (χ4n) is 4.37. The molecule has 1 amide bonds. The van der Waals surface area contributed by atoms with Gasteiger partial charge in [-0.1, -0.05) is 48.7 Å². The van der Waals surface area contributed by atoms with Gasteiger partial charge in [-0.25, -0.2) is 9.67 Å². The van der Waals surface area contributed by atoms with Gasteiger partial charge in [-0.15, -0.1) is 0 Å². The normalized spacial score (nSPS) is 16.5. The van der Waals surface area contributed by atoms with Crippen LogP contribution in [-0.2, 0) is 10.2 Å². The lowest BCUT2D eigenvalue weighted by Gasteiger charge is -2.36. The predicted molar refractivity (Wildman–Crippen MR) is 114 cm³/mol. The highest BCUT2D eigenvalue weighted by Gasteiger charge is 2.45. The Bertz CT molecular complexity index is 978. The van der Waals surface area contributed by atoms with Gasteiger partial charge in [0, 0.05) is 12.1 Å². The number of hydrogen-bond donors (Lipinski definition) is 0. The van der Waals surface area contributed by atoms with E-state index in [-0.39, 0.29) is 11.9 Å². The van der Waals surface area contributed by atoms with Gasteiger partial charge in [0.05, 0.1) is 17.1 Å². The van der Waals surface area contributed by atoms with E-state index in [1.165, 1.54) is 6.33 Å². The summed E-state index contributed by atoms with van der Waals surface area (Å²) in [7, 11) is 1.91. The zero-order valence-electron chi connectivity index (χ0n) is 16.8. The van der Waals surface area contributed by atoms with Gasteiger partial charge in [0.1, 0.15) is 12.7 Å². The molecule has 0 radical (unpaired) electrons. The Balaban J connectivity index is 1.59. The molecule has 6 heteroatoms. The van der Waals surface area contributed by atoms with E-state index in [4.69, 9.17) is 11.6 Å². The number of likely N-dealkylation sites (N-methyl/N-ethyl adjacent to an activating group) is 1. The molecule has 1 heterocycles. The molecule has 0 bridgehead atoms. The molecular weight excluding hydrogens is 384 g/mol. The van der Waals surface area contributed by atoms with E-state index in [0.29, 0.717) is 5.02 Å². The number of aromatic nitrogens is 3. The minimum Gasteiger partial charge on any atom is -0.338 e. The van der Waals surface area contributed by atoms with Crippen molar-refractivity contribution in [2.24, 2.45) is 0 Å². The summed E-state index contributed by atoms with van der Waals surface area (Å²) in [6, 6.07) is 15.9. The van der Waals surface area contributed by atoms with Crippen LogP contribution in [0.5, 0.6) is 0 Å². The molecule has 1 unspecified atom stereocenters. The first-order valence-corrected chi connectivity index (χ1v) is 10.4. The number of nitrogens with zero attached hydrogens (tertiary/aromatic N) is 4. The van der Waals surface area contributed by atoms with Crippen molar-refractivity contribution in [3.8, 4) is 5.69 Å². The Morgan fingerprint density at radius 1 is 1.17 bits per heavy atom. The van der Waals surface area contributed by atoms with Gasteiger partial charge < -0.3 is 4.90 Å². The maximum Gasteiger partial charge on any atom is 0.233 e. The second-order valence-corrected chi connectivity index (χ2v) is 8.26. The van der Waals surface area contributed by atoms with E-state index in [1.807, 2.05) is 60.5 Å².